The molecule has 0 bridgehead atoms. The highest BCUT2D eigenvalue weighted by Gasteiger charge is 2.11. The molecule has 0 saturated heterocycles. The minimum Gasteiger partial charge on any atom is -0.388 e. The Hall–Kier alpha value is -1.82. The van der Waals surface area contributed by atoms with Crippen LogP contribution in [0.2, 0.25) is 0 Å². The lowest BCUT2D eigenvalue weighted by Gasteiger charge is -1.93. The lowest BCUT2D eigenvalue weighted by molar-refractivity contribution is 0.527. The quantitative estimate of drug-likeness (QED) is 0.718. The van der Waals surface area contributed by atoms with Gasteiger partial charge in [-0.3, -0.25) is 0 Å². The molecule has 0 aliphatic carbocycles. The Kier molecular flexibility index (Phi) is 1.97. The molecule has 0 unspecified atom stereocenters. The fourth-order valence-corrected chi connectivity index (χ4v) is 1.98. The van der Waals surface area contributed by atoms with Gasteiger partial charge in [0.1, 0.15) is 0 Å². The third kappa shape index (κ3) is 1.38. The molecule has 16 heavy (non-hydrogen) atoms. The monoisotopic (exact) mass is 279 g/mol. The van der Waals surface area contributed by atoms with Gasteiger partial charge in [-0.1, -0.05) is 22.0 Å². The standard InChI is InChI=1S/C10H6BrN3O2/c11-5-1-2-6-7(4-12-8(6)3-5)9-13-14-10(15)16-9/h1-4,12H,(H,14,15). The minimum absolute atomic E-state index is 0.290. The highest BCUT2D eigenvalue weighted by atomic mass is 79.9. The van der Waals surface area contributed by atoms with Gasteiger partial charge in [0.2, 0.25) is 0 Å². The average molecular weight is 280 g/mol. The van der Waals surface area contributed by atoms with Crippen molar-refractivity contribution in [3.8, 4) is 11.5 Å². The van der Waals surface area contributed by atoms with Gasteiger partial charge in [0.15, 0.2) is 0 Å². The van der Waals surface area contributed by atoms with Crippen molar-refractivity contribution in [2.24, 2.45) is 0 Å². The van der Waals surface area contributed by atoms with Gasteiger partial charge in [-0.15, -0.1) is 5.10 Å². The van der Waals surface area contributed by atoms with Crippen LogP contribution in [0.25, 0.3) is 22.4 Å². The van der Waals surface area contributed by atoms with E-state index in [0.29, 0.717) is 5.89 Å². The second-order valence-electron chi connectivity index (χ2n) is 3.31. The molecule has 0 atom stereocenters. The number of hydrogen-bond donors (Lipinski definition) is 2. The maximum Gasteiger partial charge on any atom is 0.434 e. The van der Waals surface area contributed by atoms with Crippen LogP contribution >= 0.6 is 15.9 Å². The van der Waals surface area contributed by atoms with E-state index in [4.69, 9.17) is 4.42 Å². The Morgan fingerprint density at radius 3 is 3.00 bits per heavy atom. The lowest BCUT2D eigenvalue weighted by atomic mass is 10.2. The molecule has 1 aromatic carbocycles. The van der Waals surface area contributed by atoms with Gasteiger partial charge in [0, 0.05) is 21.6 Å². The van der Waals surface area contributed by atoms with Gasteiger partial charge in [0.25, 0.3) is 5.89 Å². The summed E-state index contributed by atoms with van der Waals surface area (Å²) in [6.07, 6.45) is 1.76. The SMILES string of the molecule is O=c1[nH]nc(-c2c[nH]c3cc(Br)ccc23)o1. The van der Waals surface area contributed by atoms with E-state index in [9.17, 15) is 4.79 Å². The van der Waals surface area contributed by atoms with Gasteiger partial charge in [0.05, 0.1) is 5.56 Å². The summed E-state index contributed by atoms with van der Waals surface area (Å²) in [5.41, 5.74) is 1.72. The summed E-state index contributed by atoms with van der Waals surface area (Å²) in [6, 6.07) is 5.80. The molecule has 3 aromatic rings. The predicted octanol–water partition coefficient (Wildman–Crippen LogP) is 2.27. The number of aromatic nitrogens is 3. The fraction of sp³-hybridized carbons (Fsp3) is 0. The first-order valence-corrected chi connectivity index (χ1v) is 5.36. The molecule has 0 radical (unpaired) electrons. The van der Waals surface area contributed by atoms with Crippen molar-refractivity contribution in [3.63, 3.8) is 0 Å². The summed E-state index contributed by atoms with van der Waals surface area (Å²) in [5, 5.41) is 6.99. The van der Waals surface area contributed by atoms with Crippen LogP contribution in [0.15, 0.2) is 38.1 Å². The highest BCUT2D eigenvalue weighted by Crippen LogP contribution is 2.28. The molecular formula is C10H6BrN3O2. The molecule has 0 aliphatic rings. The molecule has 0 fully saturated rings. The zero-order chi connectivity index (χ0) is 11.1. The first kappa shape index (κ1) is 9.41. The average Bonchev–Trinajstić information content (AvgIpc) is 2.83. The van der Waals surface area contributed by atoms with Crippen molar-refractivity contribution in [1.29, 1.82) is 0 Å². The van der Waals surface area contributed by atoms with Gasteiger partial charge in [-0.05, 0) is 12.1 Å². The maximum atomic E-state index is 10.9. The van der Waals surface area contributed by atoms with Crippen LogP contribution in [-0.4, -0.2) is 15.2 Å². The number of rotatable bonds is 1. The second-order valence-corrected chi connectivity index (χ2v) is 4.23. The number of halogens is 1. The molecule has 6 heteroatoms. The molecule has 80 valence electrons. The molecule has 2 N–H and O–H groups in total. The van der Waals surface area contributed by atoms with E-state index >= 15 is 0 Å². The topological polar surface area (TPSA) is 74.7 Å². The van der Waals surface area contributed by atoms with Gasteiger partial charge < -0.3 is 9.40 Å². The molecular weight excluding hydrogens is 274 g/mol. The van der Waals surface area contributed by atoms with Crippen molar-refractivity contribution >= 4 is 26.8 Å². The summed E-state index contributed by atoms with van der Waals surface area (Å²) in [7, 11) is 0. The van der Waals surface area contributed by atoms with Crippen LogP contribution in [0, 0.1) is 0 Å². The number of hydrogen-bond acceptors (Lipinski definition) is 3. The van der Waals surface area contributed by atoms with E-state index in [0.717, 1.165) is 20.9 Å². The Morgan fingerprint density at radius 1 is 1.38 bits per heavy atom. The summed E-state index contributed by atoms with van der Waals surface area (Å²) < 4.78 is 5.90. The van der Waals surface area contributed by atoms with Crippen LogP contribution in [0.4, 0.5) is 0 Å². The van der Waals surface area contributed by atoms with Gasteiger partial charge in [-0.2, -0.15) is 0 Å². The van der Waals surface area contributed by atoms with Gasteiger partial charge >= 0.3 is 5.76 Å². The van der Waals surface area contributed by atoms with Crippen LogP contribution in [-0.2, 0) is 0 Å². The van der Waals surface area contributed by atoms with Crippen molar-refractivity contribution in [1.82, 2.24) is 15.2 Å². The molecule has 3 rings (SSSR count). The van der Waals surface area contributed by atoms with E-state index in [1.165, 1.54) is 0 Å². The van der Waals surface area contributed by atoms with Crippen LogP contribution in [0.5, 0.6) is 0 Å². The van der Waals surface area contributed by atoms with Crippen molar-refractivity contribution < 1.29 is 4.42 Å². The first-order valence-electron chi connectivity index (χ1n) is 4.56. The third-order valence-electron chi connectivity index (χ3n) is 2.31. The zero-order valence-electron chi connectivity index (χ0n) is 7.95. The molecule has 5 nitrogen and oxygen atoms in total. The molecule has 2 aromatic heterocycles. The lowest BCUT2D eigenvalue weighted by Crippen LogP contribution is -1.93. The van der Waals surface area contributed by atoms with E-state index in [1.807, 2.05) is 18.2 Å². The summed E-state index contributed by atoms with van der Waals surface area (Å²) in [6.45, 7) is 0. The van der Waals surface area contributed by atoms with E-state index in [2.05, 4.69) is 31.1 Å². The summed E-state index contributed by atoms with van der Waals surface area (Å²) in [4.78, 5) is 14.0. The molecule has 0 saturated carbocycles. The highest BCUT2D eigenvalue weighted by molar-refractivity contribution is 9.10. The third-order valence-corrected chi connectivity index (χ3v) is 2.81. The molecule has 0 spiro atoms. The van der Waals surface area contributed by atoms with Crippen molar-refractivity contribution in [2.75, 3.05) is 0 Å². The predicted molar refractivity (Wildman–Crippen MR) is 62.1 cm³/mol. The number of fused-ring (bicyclic) bond motifs is 1. The van der Waals surface area contributed by atoms with Crippen LogP contribution < -0.4 is 5.76 Å². The molecule has 2 heterocycles. The number of nitrogens with one attached hydrogen (secondary N) is 2. The smallest absolute Gasteiger partial charge is 0.388 e. The number of nitrogens with zero attached hydrogens (tertiary/aromatic N) is 1. The summed E-state index contributed by atoms with van der Waals surface area (Å²) >= 11 is 3.39. The van der Waals surface area contributed by atoms with Crippen molar-refractivity contribution in [2.45, 2.75) is 0 Å². The zero-order valence-corrected chi connectivity index (χ0v) is 9.54. The van der Waals surface area contributed by atoms with E-state index in [1.54, 1.807) is 6.20 Å². The van der Waals surface area contributed by atoms with Crippen molar-refractivity contribution in [3.05, 3.63) is 39.4 Å². The summed E-state index contributed by atoms with van der Waals surface area (Å²) in [5.74, 6) is -0.264. The number of benzene rings is 1. The molecule has 0 amide bonds. The Morgan fingerprint density at radius 2 is 2.25 bits per heavy atom. The fourth-order valence-electron chi connectivity index (χ4n) is 1.62. The molecule has 0 aliphatic heterocycles. The van der Waals surface area contributed by atoms with Gasteiger partial charge in [-0.25, -0.2) is 9.89 Å². The number of H-pyrrole nitrogens is 2. The Balaban J connectivity index is 2.29. The van der Waals surface area contributed by atoms with Crippen LogP contribution in [0.3, 0.4) is 0 Å². The first-order chi connectivity index (χ1) is 7.74. The number of aromatic amines is 2. The van der Waals surface area contributed by atoms with E-state index in [-0.39, 0.29) is 0 Å². The normalized spacial score (nSPS) is 11.1. The van der Waals surface area contributed by atoms with E-state index < -0.39 is 5.76 Å². The maximum absolute atomic E-state index is 10.9. The Bertz CT molecular complexity index is 710. The second kappa shape index (κ2) is 3.34. The Labute approximate surface area is 97.6 Å². The van der Waals surface area contributed by atoms with Crippen LogP contribution in [0.1, 0.15) is 0 Å². The minimum atomic E-state index is -0.554. The largest absolute Gasteiger partial charge is 0.434 e.